The van der Waals surface area contributed by atoms with Gasteiger partial charge in [-0.1, -0.05) is 12.1 Å². The van der Waals surface area contributed by atoms with Gasteiger partial charge in [0.2, 0.25) is 11.8 Å². The Labute approximate surface area is 138 Å². The molecule has 1 aliphatic heterocycles. The fourth-order valence-electron chi connectivity index (χ4n) is 2.91. The topological polar surface area (TPSA) is 49.9 Å². The number of para-hydroxylation sites is 2. The molecule has 1 aromatic rings. The molecule has 1 heterocycles. The number of carbonyl (C=O) groups excluding carboxylic acids is 2. The second kappa shape index (κ2) is 8.56. The van der Waals surface area contributed by atoms with E-state index in [0.717, 1.165) is 31.6 Å². The number of nitrogens with zero attached hydrogens (tertiary/aromatic N) is 2. The molecule has 0 aromatic heterocycles. The Morgan fingerprint density at radius 2 is 1.87 bits per heavy atom. The zero-order valence-electron chi connectivity index (χ0n) is 14.1. The van der Waals surface area contributed by atoms with Crippen LogP contribution in [0.5, 0.6) is 5.75 Å². The van der Waals surface area contributed by atoms with Crippen molar-refractivity contribution in [3.8, 4) is 5.75 Å². The van der Waals surface area contributed by atoms with Gasteiger partial charge in [-0.25, -0.2) is 0 Å². The maximum Gasteiger partial charge on any atom is 0.224 e. The van der Waals surface area contributed by atoms with Gasteiger partial charge < -0.3 is 14.5 Å². The molecule has 1 aromatic carbocycles. The van der Waals surface area contributed by atoms with Crippen molar-refractivity contribution in [3.05, 3.63) is 24.3 Å². The van der Waals surface area contributed by atoms with Crippen molar-refractivity contribution in [1.82, 2.24) is 4.90 Å². The van der Waals surface area contributed by atoms with Crippen molar-refractivity contribution in [2.24, 2.45) is 0 Å². The molecule has 0 unspecified atom stereocenters. The average molecular weight is 318 g/mol. The molecule has 0 bridgehead atoms. The number of ether oxygens (including phenoxy) is 1. The minimum atomic E-state index is -0.0800. The molecule has 0 aliphatic carbocycles. The molecule has 2 rings (SSSR count). The highest BCUT2D eigenvalue weighted by atomic mass is 16.5. The molecule has 0 radical (unpaired) electrons. The first-order valence-electron chi connectivity index (χ1n) is 8.41. The molecular weight excluding hydrogens is 292 g/mol. The maximum atomic E-state index is 12.3. The second-order valence-electron chi connectivity index (χ2n) is 5.76. The van der Waals surface area contributed by atoms with Gasteiger partial charge >= 0.3 is 0 Å². The summed E-state index contributed by atoms with van der Waals surface area (Å²) in [5, 5.41) is 0. The van der Waals surface area contributed by atoms with Crippen LogP contribution in [0.3, 0.4) is 0 Å². The molecule has 2 amide bonds. The van der Waals surface area contributed by atoms with Crippen LogP contribution in [0, 0.1) is 0 Å². The summed E-state index contributed by atoms with van der Waals surface area (Å²) >= 11 is 0. The Morgan fingerprint density at radius 1 is 1.17 bits per heavy atom. The van der Waals surface area contributed by atoms with E-state index in [1.54, 1.807) is 4.90 Å². The predicted molar refractivity (Wildman–Crippen MR) is 90.7 cm³/mol. The van der Waals surface area contributed by atoms with E-state index in [9.17, 15) is 9.59 Å². The molecule has 0 spiro atoms. The van der Waals surface area contributed by atoms with Gasteiger partial charge in [0.1, 0.15) is 5.75 Å². The van der Waals surface area contributed by atoms with Crippen LogP contribution in [0.2, 0.25) is 0 Å². The van der Waals surface area contributed by atoms with Crippen LogP contribution in [-0.2, 0) is 9.59 Å². The summed E-state index contributed by atoms with van der Waals surface area (Å²) in [6.45, 7) is 6.04. The van der Waals surface area contributed by atoms with Gasteiger partial charge in [0, 0.05) is 33.0 Å². The van der Waals surface area contributed by atoms with Crippen molar-refractivity contribution in [2.45, 2.75) is 39.5 Å². The Hall–Kier alpha value is -2.04. The fraction of sp³-hybridized carbons (Fsp3) is 0.556. The summed E-state index contributed by atoms with van der Waals surface area (Å²) < 4.78 is 5.60. The van der Waals surface area contributed by atoms with Gasteiger partial charge in [-0.15, -0.1) is 0 Å². The number of benzene rings is 1. The number of amides is 2. The molecule has 23 heavy (non-hydrogen) atoms. The Morgan fingerprint density at radius 3 is 2.52 bits per heavy atom. The molecule has 0 saturated carbocycles. The van der Waals surface area contributed by atoms with Gasteiger partial charge in [0.15, 0.2) is 0 Å². The van der Waals surface area contributed by atoms with Crippen LogP contribution < -0.4 is 9.64 Å². The number of rotatable bonds is 6. The van der Waals surface area contributed by atoms with E-state index in [4.69, 9.17) is 4.74 Å². The summed E-state index contributed by atoms with van der Waals surface area (Å²) in [6.07, 6.45) is 3.70. The third kappa shape index (κ3) is 4.71. The summed E-state index contributed by atoms with van der Waals surface area (Å²) in [7, 11) is 0. The van der Waals surface area contributed by atoms with E-state index in [1.165, 1.54) is 13.3 Å². The van der Waals surface area contributed by atoms with E-state index in [2.05, 4.69) is 0 Å². The molecule has 5 nitrogen and oxygen atoms in total. The summed E-state index contributed by atoms with van der Waals surface area (Å²) in [5.74, 6) is 0.726. The zero-order chi connectivity index (χ0) is 16.7. The lowest BCUT2D eigenvalue weighted by molar-refractivity contribution is -0.131. The standard InChI is InChI=1S/C18H26N2O3/c1-3-23-17-10-6-5-9-16(17)20(15(2)21)14-11-18(22)19-12-7-4-8-13-19/h5-6,9-10H,3-4,7-8,11-14H2,1-2H3. The van der Waals surface area contributed by atoms with Crippen LogP contribution >= 0.6 is 0 Å². The predicted octanol–water partition coefficient (Wildman–Crippen LogP) is 2.84. The molecule has 0 atom stereocenters. The van der Waals surface area contributed by atoms with Crippen molar-refractivity contribution in [2.75, 3.05) is 31.1 Å². The Balaban J connectivity index is 2.04. The maximum absolute atomic E-state index is 12.3. The van der Waals surface area contributed by atoms with Gasteiger partial charge in [-0.05, 0) is 38.3 Å². The molecule has 5 heteroatoms. The summed E-state index contributed by atoms with van der Waals surface area (Å²) in [6, 6.07) is 7.46. The Kier molecular flexibility index (Phi) is 6.44. The van der Waals surface area contributed by atoms with Crippen LogP contribution in [0.4, 0.5) is 5.69 Å². The number of carbonyl (C=O) groups is 2. The van der Waals surface area contributed by atoms with Crippen molar-refractivity contribution < 1.29 is 14.3 Å². The Bertz CT molecular complexity index is 539. The molecule has 126 valence electrons. The second-order valence-corrected chi connectivity index (χ2v) is 5.76. The fourth-order valence-corrected chi connectivity index (χ4v) is 2.91. The minimum Gasteiger partial charge on any atom is -0.492 e. The highest BCUT2D eigenvalue weighted by Crippen LogP contribution is 2.28. The van der Waals surface area contributed by atoms with E-state index in [1.807, 2.05) is 36.1 Å². The molecule has 1 fully saturated rings. The van der Waals surface area contributed by atoms with Gasteiger partial charge in [-0.2, -0.15) is 0 Å². The summed E-state index contributed by atoms with van der Waals surface area (Å²) in [4.78, 5) is 27.9. The molecule has 0 N–H and O–H groups in total. The van der Waals surface area contributed by atoms with Crippen molar-refractivity contribution in [1.29, 1.82) is 0 Å². The van der Waals surface area contributed by atoms with Gasteiger partial charge in [0.05, 0.1) is 12.3 Å². The van der Waals surface area contributed by atoms with E-state index >= 15 is 0 Å². The first-order chi connectivity index (χ1) is 11.1. The smallest absolute Gasteiger partial charge is 0.224 e. The SMILES string of the molecule is CCOc1ccccc1N(CCC(=O)N1CCCCC1)C(C)=O. The molecule has 1 aliphatic rings. The third-order valence-electron chi connectivity index (χ3n) is 4.09. The zero-order valence-corrected chi connectivity index (χ0v) is 14.1. The highest BCUT2D eigenvalue weighted by molar-refractivity contribution is 5.93. The van der Waals surface area contributed by atoms with Crippen LogP contribution in [0.15, 0.2) is 24.3 Å². The molecule has 1 saturated heterocycles. The lowest BCUT2D eigenvalue weighted by atomic mass is 10.1. The number of hydrogen-bond donors (Lipinski definition) is 0. The van der Waals surface area contributed by atoms with Gasteiger partial charge in [0.25, 0.3) is 0 Å². The number of anilines is 1. The largest absolute Gasteiger partial charge is 0.492 e. The van der Waals surface area contributed by atoms with Crippen molar-refractivity contribution >= 4 is 17.5 Å². The first-order valence-corrected chi connectivity index (χ1v) is 8.41. The normalized spacial score (nSPS) is 14.4. The van der Waals surface area contributed by atoms with E-state index in [-0.39, 0.29) is 11.8 Å². The van der Waals surface area contributed by atoms with Crippen LogP contribution in [0.25, 0.3) is 0 Å². The lowest BCUT2D eigenvalue weighted by Gasteiger charge is -2.28. The summed E-state index contributed by atoms with van der Waals surface area (Å²) in [5.41, 5.74) is 0.730. The number of likely N-dealkylation sites (tertiary alicyclic amines) is 1. The average Bonchev–Trinajstić information content (AvgIpc) is 2.57. The monoisotopic (exact) mass is 318 g/mol. The minimum absolute atomic E-state index is 0.0800. The van der Waals surface area contributed by atoms with Crippen LogP contribution in [-0.4, -0.2) is 43.0 Å². The van der Waals surface area contributed by atoms with E-state index in [0.29, 0.717) is 25.3 Å². The lowest BCUT2D eigenvalue weighted by Crippen LogP contribution is -2.39. The third-order valence-corrected chi connectivity index (χ3v) is 4.09. The highest BCUT2D eigenvalue weighted by Gasteiger charge is 2.20. The first kappa shape index (κ1) is 17.3. The van der Waals surface area contributed by atoms with Gasteiger partial charge in [-0.3, -0.25) is 9.59 Å². The number of hydrogen-bond acceptors (Lipinski definition) is 3. The number of piperidine rings is 1. The quantitative estimate of drug-likeness (QED) is 0.810. The van der Waals surface area contributed by atoms with E-state index < -0.39 is 0 Å². The van der Waals surface area contributed by atoms with Crippen LogP contribution in [0.1, 0.15) is 39.5 Å². The molecular formula is C18H26N2O3. The van der Waals surface area contributed by atoms with Crippen molar-refractivity contribution in [3.63, 3.8) is 0 Å².